The van der Waals surface area contributed by atoms with Gasteiger partial charge in [0.05, 0.1) is 17.5 Å². The molecule has 4 heterocycles. The van der Waals surface area contributed by atoms with Crippen LogP contribution in [0.3, 0.4) is 0 Å². The smallest absolute Gasteiger partial charge is 0.279 e. The van der Waals surface area contributed by atoms with Gasteiger partial charge in [-0.25, -0.2) is 15.0 Å². The average molecular weight is 291 g/mol. The molecule has 6 nitrogen and oxygen atoms in total. The third kappa shape index (κ3) is 2.14. The van der Waals surface area contributed by atoms with E-state index in [4.69, 9.17) is 0 Å². The molecule has 0 spiro atoms. The highest BCUT2D eigenvalue weighted by Gasteiger charge is 2.06. The number of imidazole rings is 1. The van der Waals surface area contributed by atoms with Crippen molar-refractivity contribution in [3.63, 3.8) is 0 Å². The van der Waals surface area contributed by atoms with Crippen molar-refractivity contribution in [1.82, 2.24) is 23.9 Å². The molecule has 4 aromatic heterocycles. The Hall–Kier alpha value is -3.02. The van der Waals surface area contributed by atoms with Gasteiger partial charge in [0.2, 0.25) is 0 Å². The van der Waals surface area contributed by atoms with E-state index in [1.54, 1.807) is 29.2 Å². The van der Waals surface area contributed by atoms with E-state index in [2.05, 4.69) is 15.0 Å². The highest BCUT2D eigenvalue weighted by atomic mass is 16.1. The summed E-state index contributed by atoms with van der Waals surface area (Å²) in [6.45, 7) is 0.530. The van der Waals surface area contributed by atoms with Crippen LogP contribution in [-0.4, -0.2) is 23.9 Å². The quantitative estimate of drug-likeness (QED) is 0.576. The van der Waals surface area contributed by atoms with Gasteiger partial charge in [-0.1, -0.05) is 6.07 Å². The normalized spacial score (nSPS) is 11.3. The minimum absolute atomic E-state index is 0.116. The van der Waals surface area contributed by atoms with Gasteiger partial charge < -0.3 is 4.40 Å². The van der Waals surface area contributed by atoms with Gasteiger partial charge in [-0.3, -0.25) is 9.36 Å². The number of aromatic nitrogens is 5. The lowest BCUT2D eigenvalue weighted by Gasteiger charge is -2.04. The Morgan fingerprint density at radius 1 is 1.09 bits per heavy atom. The summed E-state index contributed by atoms with van der Waals surface area (Å²) in [7, 11) is 0. The molecule has 0 saturated heterocycles. The Bertz CT molecular complexity index is 985. The van der Waals surface area contributed by atoms with Crippen LogP contribution in [-0.2, 0) is 13.0 Å². The van der Waals surface area contributed by atoms with Crippen LogP contribution in [0.5, 0.6) is 0 Å². The zero-order valence-electron chi connectivity index (χ0n) is 11.8. The fourth-order valence-electron chi connectivity index (χ4n) is 2.49. The minimum atomic E-state index is -0.116. The van der Waals surface area contributed by atoms with Gasteiger partial charge in [-0.15, -0.1) is 0 Å². The largest absolute Gasteiger partial charge is 0.307 e. The van der Waals surface area contributed by atoms with Crippen molar-refractivity contribution >= 4 is 16.7 Å². The van der Waals surface area contributed by atoms with Gasteiger partial charge in [0.1, 0.15) is 5.65 Å². The number of hydrogen-bond donors (Lipinski definition) is 0. The van der Waals surface area contributed by atoms with Gasteiger partial charge in [-0.2, -0.15) is 0 Å². The Kier molecular flexibility index (Phi) is 2.93. The molecule has 0 unspecified atom stereocenters. The second kappa shape index (κ2) is 5.07. The van der Waals surface area contributed by atoms with Gasteiger partial charge in [0.25, 0.3) is 5.56 Å². The molecule has 0 N–H and O–H groups in total. The predicted octanol–water partition coefficient (Wildman–Crippen LogP) is 1.68. The van der Waals surface area contributed by atoms with Crippen molar-refractivity contribution < 1.29 is 0 Å². The van der Waals surface area contributed by atoms with Gasteiger partial charge in [0, 0.05) is 31.6 Å². The standard InChI is InChI=1S/C16H13N5O/c22-16-15-13(4-3-7-17-15)18-11-21(16)9-6-12-10-20-8-2-1-5-14(20)19-12/h1-5,7-8,10-11H,6,9H2. The molecular formula is C16H13N5O. The molecule has 0 fully saturated rings. The maximum Gasteiger partial charge on any atom is 0.279 e. The van der Waals surface area contributed by atoms with E-state index in [0.717, 1.165) is 11.3 Å². The first-order valence-electron chi connectivity index (χ1n) is 7.04. The summed E-state index contributed by atoms with van der Waals surface area (Å²) >= 11 is 0. The van der Waals surface area contributed by atoms with Crippen LogP contribution in [0.2, 0.25) is 0 Å². The van der Waals surface area contributed by atoms with E-state index in [-0.39, 0.29) is 5.56 Å². The minimum Gasteiger partial charge on any atom is -0.307 e. The second-order valence-corrected chi connectivity index (χ2v) is 5.06. The molecule has 0 radical (unpaired) electrons. The van der Waals surface area contributed by atoms with Crippen LogP contribution in [0.15, 0.2) is 60.0 Å². The predicted molar refractivity (Wildman–Crippen MR) is 82.7 cm³/mol. The molecule has 0 atom stereocenters. The van der Waals surface area contributed by atoms with Crippen LogP contribution in [0, 0.1) is 0 Å². The second-order valence-electron chi connectivity index (χ2n) is 5.06. The van der Waals surface area contributed by atoms with E-state index in [1.807, 2.05) is 35.0 Å². The van der Waals surface area contributed by atoms with Crippen LogP contribution >= 0.6 is 0 Å². The molecule has 0 saturated carbocycles. The molecular weight excluding hydrogens is 278 g/mol. The highest BCUT2D eigenvalue weighted by molar-refractivity contribution is 5.71. The van der Waals surface area contributed by atoms with Crippen molar-refractivity contribution in [2.75, 3.05) is 0 Å². The Labute approximate surface area is 125 Å². The summed E-state index contributed by atoms with van der Waals surface area (Å²) < 4.78 is 3.55. The first kappa shape index (κ1) is 12.7. The van der Waals surface area contributed by atoms with E-state index in [1.165, 1.54) is 0 Å². The number of rotatable bonds is 3. The number of fused-ring (bicyclic) bond motifs is 2. The SMILES string of the molecule is O=c1c2ncccc2ncn1CCc1cn2ccccc2n1. The first-order chi connectivity index (χ1) is 10.8. The van der Waals surface area contributed by atoms with E-state index >= 15 is 0 Å². The topological polar surface area (TPSA) is 65.1 Å². The molecule has 22 heavy (non-hydrogen) atoms. The molecule has 108 valence electrons. The van der Waals surface area contributed by atoms with Gasteiger partial charge in [0.15, 0.2) is 5.52 Å². The maximum atomic E-state index is 12.4. The summed E-state index contributed by atoms with van der Waals surface area (Å²) in [4.78, 5) is 25.3. The fraction of sp³-hybridized carbons (Fsp3) is 0.125. The van der Waals surface area contributed by atoms with Crippen LogP contribution < -0.4 is 5.56 Å². The third-order valence-corrected chi connectivity index (χ3v) is 3.61. The Morgan fingerprint density at radius 2 is 2.05 bits per heavy atom. The Morgan fingerprint density at radius 3 is 2.95 bits per heavy atom. The Balaban J connectivity index is 1.63. The maximum absolute atomic E-state index is 12.4. The molecule has 0 aliphatic heterocycles. The number of aryl methyl sites for hydroxylation is 2. The lowest BCUT2D eigenvalue weighted by Crippen LogP contribution is -2.22. The lowest BCUT2D eigenvalue weighted by atomic mass is 10.3. The van der Waals surface area contributed by atoms with Crippen LogP contribution in [0.1, 0.15) is 5.69 Å². The van der Waals surface area contributed by atoms with Gasteiger partial charge in [-0.05, 0) is 24.3 Å². The molecule has 0 aliphatic rings. The summed E-state index contributed by atoms with van der Waals surface area (Å²) in [6, 6.07) is 9.43. The van der Waals surface area contributed by atoms with E-state index in [0.29, 0.717) is 24.0 Å². The number of pyridine rings is 2. The van der Waals surface area contributed by atoms with Gasteiger partial charge >= 0.3 is 0 Å². The van der Waals surface area contributed by atoms with Crippen molar-refractivity contribution in [3.05, 3.63) is 71.3 Å². The molecule has 4 rings (SSSR count). The van der Waals surface area contributed by atoms with Crippen molar-refractivity contribution in [3.8, 4) is 0 Å². The van der Waals surface area contributed by atoms with Crippen molar-refractivity contribution in [2.24, 2.45) is 0 Å². The zero-order valence-corrected chi connectivity index (χ0v) is 11.8. The monoisotopic (exact) mass is 291 g/mol. The number of hydrogen-bond acceptors (Lipinski definition) is 4. The van der Waals surface area contributed by atoms with Crippen molar-refractivity contribution in [2.45, 2.75) is 13.0 Å². The number of nitrogens with zero attached hydrogens (tertiary/aromatic N) is 5. The highest BCUT2D eigenvalue weighted by Crippen LogP contribution is 2.06. The molecule has 0 aromatic carbocycles. The molecule has 4 aromatic rings. The van der Waals surface area contributed by atoms with Crippen molar-refractivity contribution in [1.29, 1.82) is 0 Å². The van der Waals surface area contributed by atoms with E-state index < -0.39 is 0 Å². The van der Waals surface area contributed by atoms with Crippen LogP contribution in [0.25, 0.3) is 16.7 Å². The summed E-state index contributed by atoms with van der Waals surface area (Å²) in [6.07, 6.45) is 7.79. The summed E-state index contributed by atoms with van der Waals surface area (Å²) in [5, 5.41) is 0. The molecule has 0 bridgehead atoms. The average Bonchev–Trinajstić information content (AvgIpc) is 2.97. The zero-order chi connectivity index (χ0) is 14.9. The third-order valence-electron chi connectivity index (χ3n) is 3.61. The summed E-state index contributed by atoms with van der Waals surface area (Å²) in [5.41, 5.74) is 2.76. The molecule has 6 heteroatoms. The molecule has 0 amide bonds. The summed E-state index contributed by atoms with van der Waals surface area (Å²) in [5.74, 6) is 0. The fourth-order valence-corrected chi connectivity index (χ4v) is 2.49. The van der Waals surface area contributed by atoms with E-state index in [9.17, 15) is 4.79 Å². The lowest BCUT2D eigenvalue weighted by molar-refractivity contribution is 0.654. The molecule has 0 aliphatic carbocycles. The van der Waals surface area contributed by atoms with Crippen LogP contribution in [0.4, 0.5) is 0 Å². The first-order valence-corrected chi connectivity index (χ1v) is 7.04.